The molecule has 1 unspecified atom stereocenters. The van der Waals surface area contributed by atoms with Crippen molar-refractivity contribution in [2.45, 2.75) is 48.8 Å². The topological polar surface area (TPSA) is 119 Å². The molecule has 38 heavy (non-hydrogen) atoms. The number of aliphatic hydroxyl groups is 1. The van der Waals surface area contributed by atoms with E-state index in [4.69, 9.17) is 0 Å². The number of hydrogen-bond donors (Lipinski definition) is 2. The predicted octanol–water partition coefficient (Wildman–Crippen LogP) is 1.64. The number of carbonyl (C=O) groups excluding carboxylic acids is 1. The number of amides is 1. The molecule has 2 aromatic heterocycles. The van der Waals surface area contributed by atoms with Crippen molar-refractivity contribution in [3.8, 4) is 0 Å². The van der Waals surface area contributed by atoms with Crippen molar-refractivity contribution in [3.63, 3.8) is 0 Å². The molecular weight excluding hydrogens is 545 g/mol. The molecule has 0 aliphatic carbocycles. The van der Waals surface area contributed by atoms with Crippen LogP contribution in [0.3, 0.4) is 0 Å². The summed E-state index contributed by atoms with van der Waals surface area (Å²) >= 11 is 1.12. The summed E-state index contributed by atoms with van der Waals surface area (Å²) in [5.74, 6) is 0.0116. The van der Waals surface area contributed by atoms with Gasteiger partial charge in [-0.1, -0.05) is 19.9 Å². The van der Waals surface area contributed by atoms with Crippen LogP contribution in [0.4, 0.5) is 19.1 Å². The van der Waals surface area contributed by atoms with E-state index < -0.39 is 39.4 Å². The summed E-state index contributed by atoms with van der Waals surface area (Å²) in [7, 11) is -3.75. The second-order valence-electron chi connectivity index (χ2n) is 9.96. The Morgan fingerprint density at radius 3 is 2.47 bits per heavy atom. The average Bonchev–Trinajstić information content (AvgIpc) is 3.39. The van der Waals surface area contributed by atoms with Gasteiger partial charge in [0.2, 0.25) is 11.9 Å². The molecule has 0 saturated carbocycles. The highest BCUT2D eigenvalue weighted by Gasteiger charge is 2.51. The van der Waals surface area contributed by atoms with Gasteiger partial charge in [0, 0.05) is 57.2 Å². The van der Waals surface area contributed by atoms with Crippen LogP contribution in [0.2, 0.25) is 0 Å². The van der Waals surface area contributed by atoms with Gasteiger partial charge >= 0.3 is 6.18 Å². The minimum absolute atomic E-state index is 0.00146. The number of nitrogens with zero attached hydrogens (tertiary/aromatic N) is 5. The van der Waals surface area contributed by atoms with Crippen molar-refractivity contribution in [2.24, 2.45) is 5.92 Å². The van der Waals surface area contributed by atoms with E-state index in [9.17, 15) is 31.5 Å². The molecule has 2 aromatic rings. The van der Waals surface area contributed by atoms with Crippen LogP contribution >= 0.6 is 11.3 Å². The normalized spacial score (nSPS) is 23.9. The van der Waals surface area contributed by atoms with Gasteiger partial charge in [-0.25, -0.2) is 18.4 Å². The van der Waals surface area contributed by atoms with Crippen LogP contribution in [-0.2, 0) is 20.4 Å². The molecule has 10 nitrogen and oxygen atoms in total. The van der Waals surface area contributed by atoms with Gasteiger partial charge in [0.05, 0.1) is 12.1 Å². The van der Waals surface area contributed by atoms with Crippen LogP contribution in [-0.4, -0.2) is 96.1 Å². The molecular formula is C23H31F3N6O4S2. The minimum Gasteiger partial charge on any atom is -0.376 e. The summed E-state index contributed by atoms with van der Waals surface area (Å²) < 4.78 is 68.0. The molecule has 0 bridgehead atoms. The van der Waals surface area contributed by atoms with Crippen molar-refractivity contribution in [2.75, 3.05) is 44.2 Å². The maximum atomic E-state index is 13.3. The van der Waals surface area contributed by atoms with Crippen molar-refractivity contribution >= 4 is 33.2 Å². The summed E-state index contributed by atoms with van der Waals surface area (Å²) in [6.45, 7) is 6.22. The number of nitrogens with one attached hydrogen (secondary N) is 1. The summed E-state index contributed by atoms with van der Waals surface area (Å²) in [5.41, 5.74) is -3.62. The Bertz CT molecular complexity index is 1220. The van der Waals surface area contributed by atoms with E-state index in [1.54, 1.807) is 22.4 Å². The third kappa shape index (κ3) is 5.52. The number of carbonyl (C=O) groups is 1. The Kier molecular flexibility index (Phi) is 8.06. The number of anilines is 1. The standard InChI is InChI=1S/C23H31F3N6O4S2/c1-15(2)19-20(33)27-6-7-30(19)13-17-14-31(38(35,36)18-5-4-10-37-18)8-9-32(17)21-28-11-16(12-29-21)22(3,34)23(24,25)26/h4-5,10-12,15,17,19,34H,6-9,13-14H2,1-3H3,(H,27,33)/t17-,19+,22?/m0/s1. The zero-order valence-electron chi connectivity index (χ0n) is 21.2. The summed E-state index contributed by atoms with van der Waals surface area (Å²) in [6, 6.07) is 2.30. The summed E-state index contributed by atoms with van der Waals surface area (Å²) in [6.07, 6.45) is -3.04. The fourth-order valence-corrected chi connectivity index (χ4v) is 7.43. The molecule has 210 valence electrons. The van der Waals surface area contributed by atoms with Gasteiger partial charge in [-0.3, -0.25) is 9.69 Å². The highest BCUT2D eigenvalue weighted by molar-refractivity contribution is 7.91. The van der Waals surface area contributed by atoms with E-state index in [0.29, 0.717) is 26.6 Å². The Labute approximate surface area is 223 Å². The fraction of sp³-hybridized carbons (Fsp3) is 0.609. The highest BCUT2D eigenvalue weighted by atomic mass is 32.2. The first-order valence-electron chi connectivity index (χ1n) is 12.2. The predicted molar refractivity (Wildman–Crippen MR) is 135 cm³/mol. The van der Waals surface area contributed by atoms with Crippen molar-refractivity contribution in [1.82, 2.24) is 24.5 Å². The summed E-state index contributed by atoms with van der Waals surface area (Å²) in [5, 5.41) is 14.5. The Morgan fingerprint density at radius 1 is 1.21 bits per heavy atom. The third-order valence-electron chi connectivity index (χ3n) is 6.98. The number of alkyl halides is 3. The van der Waals surface area contributed by atoms with Crippen LogP contribution in [0.15, 0.2) is 34.1 Å². The van der Waals surface area contributed by atoms with Gasteiger partial charge in [0.15, 0.2) is 5.60 Å². The SMILES string of the molecule is CC(C)[C@@H]1C(=O)NCCN1C[C@H]1CN(S(=O)(=O)c2cccs2)CCN1c1ncc(C(C)(O)C(F)(F)F)cn1. The molecule has 4 heterocycles. The molecule has 15 heteroatoms. The Hall–Kier alpha value is -2.33. The minimum atomic E-state index is -4.91. The summed E-state index contributed by atoms with van der Waals surface area (Å²) in [4.78, 5) is 24.6. The Balaban J connectivity index is 1.64. The molecule has 1 amide bonds. The molecule has 0 spiro atoms. The molecule has 2 aliphatic rings. The van der Waals surface area contributed by atoms with Crippen LogP contribution < -0.4 is 10.2 Å². The first kappa shape index (κ1) is 28.7. The van der Waals surface area contributed by atoms with Crippen molar-refractivity contribution in [1.29, 1.82) is 0 Å². The maximum absolute atomic E-state index is 13.3. The number of thiophene rings is 1. The third-order valence-corrected chi connectivity index (χ3v) is 10.2. The zero-order chi connectivity index (χ0) is 27.9. The van der Waals surface area contributed by atoms with Gasteiger partial charge < -0.3 is 15.3 Å². The van der Waals surface area contributed by atoms with Crippen molar-refractivity contribution < 1.29 is 31.5 Å². The van der Waals surface area contributed by atoms with Crippen LogP contribution in [0.25, 0.3) is 0 Å². The molecule has 3 atom stereocenters. The van der Waals surface area contributed by atoms with Crippen molar-refractivity contribution in [3.05, 3.63) is 35.5 Å². The zero-order valence-corrected chi connectivity index (χ0v) is 22.9. The molecule has 2 aliphatic heterocycles. The molecule has 2 fully saturated rings. The van der Waals surface area contributed by atoms with Gasteiger partial charge in [-0.2, -0.15) is 17.5 Å². The molecule has 0 aromatic carbocycles. The lowest BCUT2D eigenvalue weighted by Gasteiger charge is -2.45. The highest BCUT2D eigenvalue weighted by Crippen LogP contribution is 2.38. The second-order valence-corrected chi connectivity index (χ2v) is 13.1. The Morgan fingerprint density at radius 2 is 1.89 bits per heavy atom. The van der Waals surface area contributed by atoms with Gasteiger partial charge in [-0.15, -0.1) is 11.3 Å². The van der Waals surface area contributed by atoms with E-state index >= 15 is 0 Å². The monoisotopic (exact) mass is 576 g/mol. The quantitative estimate of drug-likeness (QED) is 0.511. The fourth-order valence-electron chi connectivity index (χ4n) is 4.82. The van der Waals surface area contributed by atoms with Crippen LogP contribution in [0.5, 0.6) is 0 Å². The van der Waals surface area contributed by atoms with Crippen LogP contribution in [0, 0.1) is 5.92 Å². The largest absolute Gasteiger partial charge is 0.421 e. The lowest BCUT2D eigenvalue weighted by atomic mass is 9.98. The number of hydrogen-bond acceptors (Lipinski definition) is 9. The first-order chi connectivity index (χ1) is 17.7. The van der Waals surface area contributed by atoms with E-state index in [0.717, 1.165) is 23.7 Å². The van der Waals surface area contributed by atoms with Gasteiger partial charge in [0.25, 0.3) is 10.0 Å². The number of aromatic nitrogens is 2. The van der Waals surface area contributed by atoms with Gasteiger partial charge in [0.1, 0.15) is 4.21 Å². The smallest absolute Gasteiger partial charge is 0.376 e. The molecule has 2 N–H and O–H groups in total. The number of sulfonamides is 1. The molecule has 2 saturated heterocycles. The number of rotatable bonds is 7. The average molecular weight is 577 g/mol. The molecule has 4 rings (SSSR count). The lowest BCUT2D eigenvalue weighted by Crippen LogP contribution is -2.64. The number of halogens is 3. The van der Waals surface area contributed by atoms with Gasteiger partial charge in [-0.05, 0) is 24.3 Å². The van der Waals surface area contributed by atoms with E-state index in [2.05, 4.69) is 15.3 Å². The first-order valence-corrected chi connectivity index (χ1v) is 14.5. The van der Waals surface area contributed by atoms with E-state index in [-0.39, 0.29) is 41.6 Å². The second kappa shape index (κ2) is 10.7. The number of piperazine rings is 2. The lowest BCUT2D eigenvalue weighted by molar-refractivity contribution is -0.259. The van der Waals surface area contributed by atoms with E-state index in [1.807, 2.05) is 18.7 Å². The van der Waals surface area contributed by atoms with E-state index in [1.165, 1.54) is 4.31 Å². The molecule has 0 radical (unpaired) electrons. The van der Waals surface area contributed by atoms with Crippen LogP contribution in [0.1, 0.15) is 26.3 Å². The maximum Gasteiger partial charge on any atom is 0.421 e.